The molecule has 0 saturated heterocycles. The number of rotatable bonds is 6. The summed E-state index contributed by atoms with van der Waals surface area (Å²) in [5.41, 5.74) is 1.86. The Hall–Kier alpha value is -2.41. The highest BCUT2D eigenvalue weighted by Gasteiger charge is 2.15. The molecule has 3 amide bonds. The molecule has 6 nitrogen and oxygen atoms in total. The minimum Gasteiger partial charge on any atom is -0.338 e. The SMILES string of the molecule is O=C(CCNC(=O)NC1CCCCC1)Nc1nc(-c2ccccc2)cs1. The largest absolute Gasteiger partial charge is 0.338 e. The fourth-order valence-corrected chi connectivity index (χ4v) is 3.76. The molecule has 26 heavy (non-hydrogen) atoms. The van der Waals surface area contributed by atoms with Crippen LogP contribution < -0.4 is 16.0 Å². The molecule has 0 bridgehead atoms. The summed E-state index contributed by atoms with van der Waals surface area (Å²) in [4.78, 5) is 28.3. The van der Waals surface area contributed by atoms with E-state index in [1.165, 1.54) is 30.6 Å². The summed E-state index contributed by atoms with van der Waals surface area (Å²) in [6, 6.07) is 9.91. The number of carbonyl (C=O) groups excluding carboxylic acids is 2. The number of benzene rings is 1. The Morgan fingerprint density at radius 1 is 1.12 bits per heavy atom. The van der Waals surface area contributed by atoms with Gasteiger partial charge in [0.1, 0.15) is 0 Å². The Morgan fingerprint density at radius 2 is 1.88 bits per heavy atom. The molecule has 0 aliphatic heterocycles. The number of hydrogen-bond donors (Lipinski definition) is 3. The first-order valence-corrected chi connectivity index (χ1v) is 9.94. The van der Waals surface area contributed by atoms with Crippen molar-refractivity contribution in [3.63, 3.8) is 0 Å². The van der Waals surface area contributed by atoms with Gasteiger partial charge in [-0.3, -0.25) is 4.79 Å². The first-order chi connectivity index (χ1) is 12.7. The van der Waals surface area contributed by atoms with Crippen molar-refractivity contribution in [2.75, 3.05) is 11.9 Å². The minimum atomic E-state index is -0.190. The zero-order valence-corrected chi connectivity index (χ0v) is 15.5. The van der Waals surface area contributed by atoms with E-state index in [0.717, 1.165) is 24.1 Å². The van der Waals surface area contributed by atoms with Gasteiger partial charge in [0.25, 0.3) is 0 Å². The topological polar surface area (TPSA) is 83.1 Å². The number of thiazole rings is 1. The maximum absolute atomic E-state index is 12.0. The molecule has 138 valence electrons. The van der Waals surface area contributed by atoms with Crippen LogP contribution in [0.3, 0.4) is 0 Å². The number of urea groups is 1. The molecule has 2 aromatic rings. The quantitative estimate of drug-likeness (QED) is 0.722. The third-order valence-electron chi connectivity index (χ3n) is 4.40. The normalized spacial score (nSPS) is 14.6. The van der Waals surface area contributed by atoms with E-state index in [4.69, 9.17) is 0 Å². The Kier molecular flexibility index (Phi) is 6.60. The van der Waals surface area contributed by atoms with Gasteiger partial charge < -0.3 is 16.0 Å². The predicted molar refractivity (Wildman–Crippen MR) is 104 cm³/mol. The van der Waals surface area contributed by atoms with Crippen molar-refractivity contribution in [2.45, 2.75) is 44.6 Å². The van der Waals surface area contributed by atoms with Crippen molar-refractivity contribution in [3.05, 3.63) is 35.7 Å². The highest BCUT2D eigenvalue weighted by Crippen LogP contribution is 2.24. The lowest BCUT2D eigenvalue weighted by molar-refractivity contribution is -0.116. The number of carbonyl (C=O) groups is 2. The Balaban J connectivity index is 1.38. The zero-order valence-electron chi connectivity index (χ0n) is 14.7. The van der Waals surface area contributed by atoms with Gasteiger partial charge in [0.05, 0.1) is 5.69 Å². The zero-order chi connectivity index (χ0) is 18.2. The van der Waals surface area contributed by atoms with Crippen LogP contribution >= 0.6 is 11.3 Å². The number of hydrogen-bond acceptors (Lipinski definition) is 4. The van der Waals surface area contributed by atoms with Gasteiger partial charge in [0, 0.05) is 30.0 Å². The molecule has 3 rings (SSSR count). The van der Waals surface area contributed by atoms with E-state index in [2.05, 4.69) is 20.9 Å². The van der Waals surface area contributed by atoms with Crippen LogP contribution in [0, 0.1) is 0 Å². The van der Waals surface area contributed by atoms with Gasteiger partial charge in [-0.1, -0.05) is 49.6 Å². The molecule has 1 heterocycles. The van der Waals surface area contributed by atoms with E-state index in [1.807, 2.05) is 35.7 Å². The summed E-state index contributed by atoms with van der Waals surface area (Å²) < 4.78 is 0. The number of anilines is 1. The molecule has 1 aromatic heterocycles. The average Bonchev–Trinajstić information content (AvgIpc) is 3.11. The maximum Gasteiger partial charge on any atom is 0.315 e. The first-order valence-electron chi connectivity index (χ1n) is 9.06. The predicted octanol–water partition coefficient (Wildman–Crippen LogP) is 3.77. The van der Waals surface area contributed by atoms with Gasteiger partial charge >= 0.3 is 6.03 Å². The summed E-state index contributed by atoms with van der Waals surface area (Å²) >= 11 is 1.39. The smallest absolute Gasteiger partial charge is 0.315 e. The summed E-state index contributed by atoms with van der Waals surface area (Å²) in [5, 5.41) is 11.0. The number of aromatic nitrogens is 1. The molecule has 1 saturated carbocycles. The minimum absolute atomic E-state index is 0.156. The average molecular weight is 372 g/mol. The lowest BCUT2D eigenvalue weighted by Crippen LogP contribution is -2.43. The fraction of sp³-hybridized carbons (Fsp3) is 0.421. The molecule has 0 spiro atoms. The molecule has 1 aromatic carbocycles. The molecule has 3 N–H and O–H groups in total. The van der Waals surface area contributed by atoms with Gasteiger partial charge in [0.15, 0.2) is 5.13 Å². The van der Waals surface area contributed by atoms with Crippen molar-refractivity contribution >= 4 is 28.4 Å². The molecule has 0 unspecified atom stereocenters. The van der Waals surface area contributed by atoms with Crippen LogP contribution in [0.1, 0.15) is 38.5 Å². The third kappa shape index (κ3) is 5.56. The second-order valence-corrected chi connectivity index (χ2v) is 7.30. The van der Waals surface area contributed by atoms with Gasteiger partial charge in [-0.2, -0.15) is 0 Å². The molecule has 1 fully saturated rings. The van der Waals surface area contributed by atoms with Crippen molar-refractivity contribution < 1.29 is 9.59 Å². The molecular weight excluding hydrogens is 348 g/mol. The lowest BCUT2D eigenvalue weighted by atomic mass is 9.96. The molecule has 1 aliphatic carbocycles. The molecule has 0 atom stereocenters. The summed E-state index contributed by atoms with van der Waals surface area (Å²) in [5.74, 6) is -0.156. The van der Waals surface area contributed by atoms with E-state index in [0.29, 0.717) is 11.7 Å². The van der Waals surface area contributed by atoms with Gasteiger partial charge in [-0.25, -0.2) is 9.78 Å². The Labute approximate surface area is 157 Å². The first kappa shape index (κ1) is 18.4. The van der Waals surface area contributed by atoms with Crippen LogP contribution in [0.2, 0.25) is 0 Å². The molecule has 0 radical (unpaired) electrons. The van der Waals surface area contributed by atoms with Crippen molar-refractivity contribution in [1.29, 1.82) is 0 Å². The number of nitrogens with zero attached hydrogens (tertiary/aromatic N) is 1. The second kappa shape index (κ2) is 9.33. The summed E-state index contributed by atoms with van der Waals surface area (Å²) in [7, 11) is 0. The molecule has 1 aliphatic rings. The van der Waals surface area contributed by atoms with Crippen LogP contribution in [0.5, 0.6) is 0 Å². The standard InChI is InChI=1S/C19H24N4O2S/c24-17(11-12-20-18(25)21-15-9-5-2-6-10-15)23-19-22-16(13-26-19)14-7-3-1-4-8-14/h1,3-4,7-8,13,15H,2,5-6,9-12H2,(H2,20,21,25)(H,22,23,24). The van der Waals surface area contributed by atoms with Gasteiger partial charge in [-0.15, -0.1) is 11.3 Å². The van der Waals surface area contributed by atoms with Crippen LogP contribution in [0.15, 0.2) is 35.7 Å². The van der Waals surface area contributed by atoms with E-state index < -0.39 is 0 Å². The van der Waals surface area contributed by atoms with E-state index >= 15 is 0 Å². The summed E-state index contributed by atoms with van der Waals surface area (Å²) in [6.07, 6.45) is 5.91. The van der Waals surface area contributed by atoms with Gasteiger partial charge in [0.2, 0.25) is 5.91 Å². The molecule has 7 heteroatoms. The number of nitrogens with one attached hydrogen (secondary N) is 3. The van der Waals surface area contributed by atoms with E-state index in [-0.39, 0.29) is 24.4 Å². The van der Waals surface area contributed by atoms with E-state index in [9.17, 15) is 9.59 Å². The Bertz CT molecular complexity index is 726. The maximum atomic E-state index is 12.0. The van der Waals surface area contributed by atoms with E-state index in [1.54, 1.807) is 0 Å². The van der Waals surface area contributed by atoms with Crippen molar-refractivity contribution in [2.24, 2.45) is 0 Å². The second-order valence-electron chi connectivity index (χ2n) is 6.44. The third-order valence-corrected chi connectivity index (χ3v) is 5.16. The van der Waals surface area contributed by atoms with Gasteiger partial charge in [-0.05, 0) is 12.8 Å². The fourth-order valence-electron chi connectivity index (χ4n) is 3.03. The monoisotopic (exact) mass is 372 g/mol. The van der Waals surface area contributed by atoms with Crippen molar-refractivity contribution in [3.8, 4) is 11.3 Å². The van der Waals surface area contributed by atoms with Crippen LogP contribution in [-0.4, -0.2) is 29.5 Å². The van der Waals surface area contributed by atoms with Crippen LogP contribution in [-0.2, 0) is 4.79 Å². The van der Waals surface area contributed by atoms with Crippen molar-refractivity contribution in [1.82, 2.24) is 15.6 Å². The lowest BCUT2D eigenvalue weighted by Gasteiger charge is -2.22. The summed E-state index contributed by atoms with van der Waals surface area (Å²) in [6.45, 7) is 0.307. The number of amides is 3. The van der Waals surface area contributed by atoms with Crippen LogP contribution in [0.25, 0.3) is 11.3 Å². The highest BCUT2D eigenvalue weighted by molar-refractivity contribution is 7.14. The van der Waals surface area contributed by atoms with Crippen LogP contribution in [0.4, 0.5) is 9.93 Å². The highest BCUT2D eigenvalue weighted by atomic mass is 32.1. The molecular formula is C19H24N4O2S. The Morgan fingerprint density at radius 3 is 2.65 bits per heavy atom.